The van der Waals surface area contributed by atoms with E-state index in [4.69, 9.17) is 0 Å². The number of benzene rings is 1. The molecule has 1 aromatic rings. The van der Waals surface area contributed by atoms with Gasteiger partial charge in [0.15, 0.2) is 9.84 Å². The highest BCUT2D eigenvalue weighted by atomic mass is 32.2. The van der Waals surface area contributed by atoms with E-state index in [2.05, 4.69) is 10.1 Å². The maximum Gasteiger partial charge on any atom is 0.329 e. The molecule has 0 aliphatic carbocycles. The number of hydrogen-bond donors (Lipinski definition) is 1. The molecule has 21 heavy (non-hydrogen) atoms. The van der Waals surface area contributed by atoms with Crippen LogP contribution in [0.2, 0.25) is 0 Å². The molecule has 0 aromatic heterocycles. The van der Waals surface area contributed by atoms with Crippen molar-refractivity contribution in [3.8, 4) is 0 Å². The van der Waals surface area contributed by atoms with Gasteiger partial charge in [-0.05, 0) is 12.5 Å². The second-order valence-corrected chi connectivity index (χ2v) is 6.93. The van der Waals surface area contributed by atoms with E-state index in [0.717, 1.165) is 12.7 Å². The third kappa shape index (κ3) is 5.95. The largest absolute Gasteiger partial charge is 0.467 e. The van der Waals surface area contributed by atoms with Crippen molar-refractivity contribution in [1.29, 1.82) is 0 Å². The first-order valence-corrected chi connectivity index (χ1v) is 8.16. The molecule has 0 radical (unpaired) electrons. The molecule has 0 saturated heterocycles. The number of carbonyl (C=O) groups is 2. The topological polar surface area (TPSA) is 89.5 Å². The van der Waals surface area contributed by atoms with Gasteiger partial charge in [0.25, 0.3) is 0 Å². The van der Waals surface area contributed by atoms with Gasteiger partial charge in [-0.25, -0.2) is 13.2 Å². The normalized spacial score (nSPS) is 12.5. The first kappa shape index (κ1) is 17.2. The molecule has 1 rings (SSSR count). The minimum absolute atomic E-state index is 0.193. The number of esters is 1. The fraction of sp³-hybridized carbons (Fsp3) is 0.429. The van der Waals surface area contributed by atoms with E-state index in [-0.39, 0.29) is 5.75 Å². The second-order valence-electron chi connectivity index (χ2n) is 4.82. The molecule has 6 nitrogen and oxygen atoms in total. The smallest absolute Gasteiger partial charge is 0.329 e. The van der Waals surface area contributed by atoms with Gasteiger partial charge in [0.05, 0.1) is 18.6 Å². The first-order chi connectivity index (χ1) is 9.73. The third-order valence-electron chi connectivity index (χ3n) is 2.75. The van der Waals surface area contributed by atoms with Crippen molar-refractivity contribution < 1.29 is 22.7 Å². The van der Waals surface area contributed by atoms with E-state index in [1.165, 1.54) is 6.92 Å². The highest BCUT2D eigenvalue weighted by Gasteiger charge is 2.27. The van der Waals surface area contributed by atoms with Crippen molar-refractivity contribution in [1.82, 2.24) is 5.32 Å². The van der Waals surface area contributed by atoms with E-state index < -0.39 is 33.5 Å². The van der Waals surface area contributed by atoms with Crippen molar-refractivity contribution in [2.24, 2.45) is 0 Å². The number of rotatable bonds is 6. The van der Waals surface area contributed by atoms with E-state index in [1.807, 2.05) is 13.0 Å². The van der Waals surface area contributed by atoms with Gasteiger partial charge >= 0.3 is 5.97 Å². The Morgan fingerprint density at radius 1 is 1.33 bits per heavy atom. The van der Waals surface area contributed by atoms with Crippen molar-refractivity contribution >= 4 is 21.7 Å². The van der Waals surface area contributed by atoms with Crippen LogP contribution >= 0.6 is 0 Å². The summed E-state index contributed by atoms with van der Waals surface area (Å²) in [7, 11) is -2.42. The van der Waals surface area contributed by atoms with Crippen LogP contribution in [0.3, 0.4) is 0 Å². The van der Waals surface area contributed by atoms with Gasteiger partial charge in [-0.3, -0.25) is 4.79 Å². The molecule has 1 unspecified atom stereocenters. The zero-order valence-electron chi connectivity index (χ0n) is 12.3. The molecule has 1 amide bonds. The summed E-state index contributed by atoms with van der Waals surface area (Å²) in [5, 5.41) is 2.29. The van der Waals surface area contributed by atoms with Crippen LogP contribution in [0, 0.1) is 6.92 Å². The molecule has 0 aliphatic heterocycles. The van der Waals surface area contributed by atoms with E-state index in [0.29, 0.717) is 5.56 Å². The van der Waals surface area contributed by atoms with Crippen LogP contribution < -0.4 is 5.32 Å². The number of carbonyl (C=O) groups excluding carboxylic acids is 2. The molecule has 0 spiro atoms. The van der Waals surface area contributed by atoms with Gasteiger partial charge in [0.1, 0.15) is 6.04 Å². The highest BCUT2D eigenvalue weighted by Crippen LogP contribution is 2.10. The predicted octanol–water partition coefficient (Wildman–Crippen LogP) is 0.588. The van der Waals surface area contributed by atoms with Gasteiger partial charge in [-0.1, -0.05) is 29.8 Å². The third-order valence-corrected chi connectivity index (χ3v) is 4.37. The maximum atomic E-state index is 12.2. The highest BCUT2D eigenvalue weighted by molar-refractivity contribution is 7.90. The zero-order valence-corrected chi connectivity index (χ0v) is 13.1. The average molecular weight is 313 g/mol. The lowest BCUT2D eigenvalue weighted by Gasteiger charge is -2.15. The minimum Gasteiger partial charge on any atom is -0.467 e. The SMILES string of the molecule is COC(=O)C(CS(=O)(=O)Cc1cccc(C)c1)NC(C)=O. The Hall–Kier alpha value is -1.89. The standard InChI is InChI=1S/C14H19NO5S/c1-10-5-4-6-12(7-10)8-21(18,19)9-13(14(17)20-3)15-11(2)16/h4-7,13H,8-9H2,1-3H3,(H,15,16). The lowest BCUT2D eigenvalue weighted by Crippen LogP contribution is -2.45. The fourth-order valence-corrected chi connectivity index (χ4v) is 3.46. The zero-order chi connectivity index (χ0) is 16.0. The molecule has 0 bridgehead atoms. The quantitative estimate of drug-likeness (QED) is 0.776. The Morgan fingerprint density at radius 3 is 2.52 bits per heavy atom. The van der Waals surface area contributed by atoms with Crippen LogP contribution in [0.4, 0.5) is 0 Å². The summed E-state index contributed by atoms with van der Waals surface area (Å²) < 4.78 is 28.8. The van der Waals surface area contributed by atoms with Crippen molar-refractivity contribution in [2.75, 3.05) is 12.9 Å². The second kappa shape index (κ2) is 7.21. The Morgan fingerprint density at radius 2 is 2.00 bits per heavy atom. The fourth-order valence-electron chi connectivity index (χ4n) is 1.92. The Kier molecular flexibility index (Phi) is 5.90. The van der Waals surface area contributed by atoms with E-state index in [1.54, 1.807) is 18.2 Å². The van der Waals surface area contributed by atoms with Gasteiger partial charge in [-0.15, -0.1) is 0 Å². The number of nitrogens with one attached hydrogen (secondary N) is 1. The molecular weight excluding hydrogens is 294 g/mol. The van der Waals surface area contributed by atoms with E-state index >= 15 is 0 Å². The Balaban J connectivity index is 2.85. The first-order valence-electron chi connectivity index (χ1n) is 6.34. The van der Waals surface area contributed by atoms with Crippen LogP contribution in [-0.2, 0) is 29.9 Å². The summed E-state index contributed by atoms with van der Waals surface area (Å²) in [4.78, 5) is 22.6. The van der Waals surface area contributed by atoms with Crippen molar-refractivity contribution in [3.05, 3.63) is 35.4 Å². The molecule has 0 aliphatic rings. The van der Waals surface area contributed by atoms with E-state index in [9.17, 15) is 18.0 Å². The van der Waals surface area contributed by atoms with Crippen LogP contribution in [0.1, 0.15) is 18.1 Å². The monoisotopic (exact) mass is 313 g/mol. The van der Waals surface area contributed by atoms with Crippen molar-refractivity contribution in [3.63, 3.8) is 0 Å². The molecule has 0 saturated carbocycles. The molecule has 0 fully saturated rings. The summed E-state index contributed by atoms with van der Waals surface area (Å²) in [6.45, 7) is 3.08. The molecule has 1 N–H and O–H groups in total. The number of hydrogen-bond acceptors (Lipinski definition) is 5. The summed E-state index contributed by atoms with van der Waals surface area (Å²) in [5.41, 5.74) is 1.59. The summed E-state index contributed by atoms with van der Waals surface area (Å²) in [6, 6.07) is 5.91. The van der Waals surface area contributed by atoms with Crippen LogP contribution in [0.15, 0.2) is 24.3 Å². The van der Waals surface area contributed by atoms with Gasteiger partial charge < -0.3 is 10.1 Å². The molecule has 7 heteroatoms. The summed E-state index contributed by atoms with van der Waals surface area (Å²) in [6.07, 6.45) is 0. The lowest BCUT2D eigenvalue weighted by molar-refractivity contribution is -0.144. The van der Waals surface area contributed by atoms with Crippen LogP contribution in [0.5, 0.6) is 0 Å². The molecule has 116 valence electrons. The Bertz CT molecular complexity index is 624. The number of aryl methyl sites for hydroxylation is 1. The maximum absolute atomic E-state index is 12.2. The molecule has 1 aromatic carbocycles. The molecular formula is C14H19NO5S. The van der Waals surface area contributed by atoms with Crippen LogP contribution in [0.25, 0.3) is 0 Å². The number of amides is 1. The Labute approximate surface area is 124 Å². The number of sulfone groups is 1. The molecule has 1 atom stereocenters. The number of methoxy groups -OCH3 is 1. The summed E-state index contributed by atoms with van der Waals surface area (Å²) >= 11 is 0. The van der Waals surface area contributed by atoms with Gasteiger partial charge in [0.2, 0.25) is 5.91 Å². The van der Waals surface area contributed by atoms with Crippen molar-refractivity contribution in [2.45, 2.75) is 25.6 Å². The predicted molar refractivity (Wildman–Crippen MR) is 78.3 cm³/mol. The van der Waals surface area contributed by atoms with Gasteiger partial charge in [0, 0.05) is 6.92 Å². The van der Waals surface area contributed by atoms with Gasteiger partial charge in [-0.2, -0.15) is 0 Å². The lowest BCUT2D eigenvalue weighted by atomic mass is 10.2. The number of ether oxygens (including phenoxy) is 1. The minimum atomic E-state index is -3.57. The molecule has 0 heterocycles. The average Bonchev–Trinajstić information content (AvgIpc) is 2.35. The summed E-state index contributed by atoms with van der Waals surface area (Å²) in [5.74, 6) is -1.95. The van der Waals surface area contributed by atoms with Crippen LogP contribution in [-0.4, -0.2) is 39.2 Å².